The molecule has 0 unspecified atom stereocenters. The third-order valence-electron chi connectivity index (χ3n) is 1.16. The average molecular weight is 152 g/mol. The highest BCUT2D eigenvalue weighted by atomic mass is 32.2. The molecule has 1 N–H and O–H groups in total. The van der Waals surface area contributed by atoms with Gasteiger partial charge in [-0.05, 0) is 12.8 Å². The molecular weight excluding hydrogens is 140 g/mol. The number of rotatable bonds is 0. The van der Waals surface area contributed by atoms with Crippen molar-refractivity contribution in [1.29, 1.82) is 0 Å². The van der Waals surface area contributed by atoms with E-state index in [9.17, 15) is 8.42 Å². The Kier molecular flexibility index (Phi) is 3.81. The lowest BCUT2D eigenvalue weighted by atomic mass is 10.4. The van der Waals surface area contributed by atoms with Crippen molar-refractivity contribution in [2.45, 2.75) is 12.8 Å². The van der Waals surface area contributed by atoms with Gasteiger partial charge < -0.3 is 5.11 Å². The molecule has 0 saturated carbocycles. The van der Waals surface area contributed by atoms with Crippen LogP contribution in [0.1, 0.15) is 12.8 Å². The number of aliphatic hydroxyl groups excluding tert-OH is 1. The van der Waals surface area contributed by atoms with Crippen molar-refractivity contribution in [2.24, 2.45) is 0 Å². The predicted octanol–water partition coefficient (Wildman–Crippen LogP) is -0.197. The smallest absolute Gasteiger partial charge is 0.150 e. The van der Waals surface area contributed by atoms with Crippen LogP contribution < -0.4 is 0 Å². The second kappa shape index (κ2) is 3.85. The molecule has 1 heterocycles. The van der Waals surface area contributed by atoms with E-state index >= 15 is 0 Å². The zero-order valence-electron chi connectivity index (χ0n) is 5.50. The lowest BCUT2D eigenvalue weighted by Crippen LogP contribution is -1.98. The summed E-state index contributed by atoms with van der Waals surface area (Å²) in [5, 5.41) is 7.00. The molecule has 1 fully saturated rings. The van der Waals surface area contributed by atoms with Crippen molar-refractivity contribution in [3.05, 3.63) is 0 Å². The van der Waals surface area contributed by atoms with E-state index in [1.54, 1.807) is 0 Å². The highest BCUT2D eigenvalue weighted by Crippen LogP contribution is 2.08. The number of sulfone groups is 1. The molecule has 0 aromatic rings. The Morgan fingerprint density at radius 3 is 1.56 bits per heavy atom. The Balaban J connectivity index is 0.000000291. The molecule has 56 valence electrons. The second-order valence-corrected chi connectivity index (χ2v) is 4.16. The first kappa shape index (κ1) is 8.91. The fourth-order valence-electron chi connectivity index (χ4n) is 0.746. The first-order valence-corrected chi connectivity index (χ1v) is 4.68. The van der Waals surface area contributed by atoms with Crippen LogP contribution in [0.4, 0.5) is 0 Å². The molecule has 9 heavy (non-hydrogen) atoms. The molecule has 0 amide bonds. The molecule has 0 atom stereocenters. The van der Waals surface area contributed by atoms with E-state index in [2.05, 4.69) is 0 Å². The van der Waals surface area contributed by atoms with Gasteiger partial charge in [-0.15, -0.1) is 0 Å². The molecule has 0 aromatic carbocycles. The summed E-state index contributed by atoms with van der Waals surface area (Å²) in [4.78, 5) is 0. The molecule has 1 rings (SSSR count). The van der Waals surface area contributed by atoms with E-state index in [1.807, 2.05) is 0 Å². The normalized spacial score (nSPS) is 22.4. The van der Waals surface area contributed by atoms with Gasteiger partial charge in [-0.2, -0.15) is 0 Å². The summed E-state index contributed by atoms with van der Waals surface area (Å²) >= 11 is 0. The molecule has 4 heteroatoms. The fraction of sp³-hybridized carbons (Fsp3) is 1.00. The van der Waals surface area contributed by atoms with E-state index in [4.69, 9.17) is 5.11 Å². The maximum atomic E-state index is 10.4. The summed E-state index contributed by atoms with van der Waals surface area (Å²) in [7, 11) is -1.55. The Morgan fingerprint density at radius 2 is 1.44 bits per heavy atom. The van der Waals surface area contributed by atoms with Crippen molar-refractivity contribution in [3.8, 4) is 0 Å². The van der Waals surface area contributed by atoms with Crippen molar-refractivity contribution >= 4 is 9.84 Å². The molecule has 0 bridgehead atoms. The minimum atomic E-state index is -2.55. The van der Waals surface area contributed by atoms with Gasteiger partial charge in [0.05, 0.1) is 11.5 Å². The Labute approximate surface area is 55.6 Å². The lowest BCUT2D eigenvalue weighted by molar-refractivity contribution is 0.399. The van der Waals surface area contributed by atoms with Gasteiger partial charge in [-0.1, -0.05) is 0 Å². The van der Waals surface area contributed by atoms with Crippen molar-refractivity contribution in [2.75, 3.05) is 18.6 Å². The summed E-state index contributed by atoms with van der Waals surface area (Å²) < 4.78 is 20.9. The van der Waals surface area contributed by atoms with Gasteiger partial charge in [-0.25, -0.2) is 8.42 Å². The van der Waals surface area contributed by atoms with E-state index in [1.165, 1.54) is 0 Å². The van der Waals surface area contributed by atoms with E-state index < -0.39 is 9.84 Å². The molecule has 3 nitrogen and oxygen atoms in total. The van der Waals surface area contributed by atoms with Gasteiger partial charge in [0.2, 0.25) is 0 Å². The van der Waals surface area contributed by atoms with E-state index in [0.29, 0.717) is 11.5 Å². The topological polar surface area (TPSA) is 54.4 Å². The van der Waals surface area contributed by atoms with Crippen molar-refractivity contribution < 1.29 is 13.5 Å². The molecule has 0 radical (unpaired) electrons. The first-order chi connectivity index (χ1) is 4.21. The van der Waals surface area contributed by atoms with Gasteiger partial charge in [0.25, 0.3) is 0 Å². The highest BCUT2D eigenvalue weighted by molar-refractivity contribution is 7.91. The Morgan fingerprint density at radius 1 is 1.11 bits per heavy atom. The summed E-state index contributed by atoms with van der Waals surface area (Å²) in [6, 6.07) is 0. The van der Waals surface area contributed by atoms with Crippen molar-refractivity contribution in [1.82, 2.24) is 0 Å². The molecular formula is C5H12O3S. The van der Waals surface area contributed by atoms with Crippen LogP contribution in [0.3, 0.4) is 0 Å². The molecule has 1 saturated heterocycles. The van der Waals surface area contributed by atoms with Crippen LogP contribution in [0.5, 0.6) is 0 Å². The largest absolute Gasteiger partial charge is 0.400 e. The third-order valence-corrected chi connectivity index (χ3v) is 2.98. The third kappa shape index (κ3) is 3.48. The quantitative estimate of drug-likeness (QED) is 0.523. The monoisotopic (exact) mass is 152 g/mol. The second-order valence-electron chi connectivity index (χ2n) is 1.86. The van der Waals surface area contributed by atoms with E-state index in [0.717, 1.165) is 20.0 Å². The van der Waals surface area contributed by atoms with Crippen LogP contribution in [0.15, 0.2) is 0 Å². The van der Waals surface area contributed by atoms with Crippen LogP contribution in [-0.4, -0.2) is 32.1 Å². The number of hydrogen-bond acceptors (Lipinski definition) is 3. The molecule has 1 aliphatic rings. The van der Waals surface area contributed by atoms with Crippen LogP contribution in [0.25, 0.3) is 0 Å². The van der Waals surface area contributed by atoms with Crippen LogP contribution in [-0.2, 0) is 9.84 Å². The van der Waals surface area contributed by atoms with Crippen LogP contribution in [0.2, 0.25) is 0 Å². The average Bonchev–Trinajstić information content (AvgIpc) is 2.19. The standard InChI is InChI=1S/C4H8O2S.CH4O/c5-7(6)3-1-2-4-7;1-2/h1-4H2;2H,1H3. The van der Waals surface area contributed by atoms with Gasteiger partial charge in [0, 0.05) is 7.11 Å². The molecule has 0 aliphatic carbocycles. The van der Waals surface area contributed by atoms with Gasteiger partial charge in [0.15, 0.2) is 0 Å². The summed E-state index contributed by atoms with van der Waals surface area (Å²) in [6.45, 7) is 0. The Hall–Kier alpha value is -0.0900. The summed E-state index contributed by atoms with van der Waals surface area (Å²) in [5.74, 6) is 0.847. The number of aliphatic hydroxyl groups is 1. The Bertz CT molecular complexity index is 136. The fourth-order valence-corrected chi connectivity index (χ4v) is 2.24. The maximum Gasteiger partial charge on any atom is 0.150 e. The molecule has 0 spiro atoms. The van der Waals surface area contributed by atoms with Gasteiger partial charge >= 0.3 is 0 Å². The first-order valence-electron chi connectivity index (χ1n) is 2.86. The SMILES string of the molecule is CO.O=S1(=O)CCCC1. The van der Waals surface area contributed by atoms with Crippen LogP contribution in [0, 0.1) is 0 Å². The van der Waals surface area contributed by atoms with E-state index in [-0.39, 0.29) is 0 Å². The predicted molar refractivity (Wildman–Crippen MR) is 36.0 cm³/mol. The zero-order chi connectivity index (χ0) is 7.33. The minimum absolute atomic E-state index is 0.424. The van der Waals surface area contributed by atoms with Gasteiger partial charge in [0.1, 0.15) is 9.84 Å². The molecule has 1 aliphatic heterocycles. The minimum Gasteiger partial charge on any atom is -0.400 e. The zero-order valence-corrected chi connectivity index (χ0v) is 6.32. The lowest BCUT2D eigenvalue weighted by Gasteiger charge is -1.81. The van der Waals surface area contributed by atoms with Crippen LogP contribution >= 0.6 is 0 Å². The van der Waals surface area contributed by atoms with Crippen molar-refractivity contribution in [3.63, 3.8) is 0 Å². The highest BCUT2D eigenvalue weighted by Gasteiger charge is 2.16. The maximum absolute atomic E-state index is 10.4. The number of hydrogen-bond donors (Lipinski definition) is 1. The summed E-state index contributed by atoms with van der Waals surface area (Å²) in [6.07, 6.45) is 1.75. The van der Waals surface area contributed by atoms with Gasteiger partial charge in [-0.3, -0.25) is 0 Å². The summed E-state index contributed by atoms with van der Waals surface area (Å²) in [5.41, 5.74) is 0. The molecule has 0 aromatic heterocycles.